The Morgan fingerprint density at radius 2 is 2.05 bits per heavy atom. The van der Waals surface area contributed by atoms with Gasteiger partial charge in [-0.25, -0.2) is 0 Å². The minimum absolute atomic E-state index is 0.00530. The third-order valence-corrected chi connectivity index (χ3v) is 3.91. The van der Waals surface area contributed by atoms with Crippen LogP contribution in [0.2, 0.25) is 0 Å². The van der Waals surface area contributed by atoms with Crippen LogP contribution in [0.1, 0.15) is 30.5 Å². The average Bonchev–Trinajstić information content (AvgIpc) is 3.28. The summed E-state index contributed by atoms with van der Waals surface area (Å²) in [6.45, 7) is 1.93. The van der Waals surface area contributed by atoms with E-state index in [1.807, 2.05) is 31.3 Å². The van der Waals surface area contributed by atoms with Crippen LogP contribution in [0.5, 0.6) is 11.5 Å². The molecule has 1 atom stereocenters. The van der Waals surface area contributed by atoms with Crippen molar-refractivity contribution in [3.8, 4) is 11.5 Å². The number of hydrogen-bond donors (Lipinski definition) is 0. The van der Waals surface area contributed by atoms with Gasteiger partial charge in [0.05, 0.1) is 6.54 Å². The van der Waals surface area contributed by atoms with Crippen LogP contribution in [0.3, 0.4) is 0 Å². The predicted octanol–water partition coefficient (Wildman–Crippen LogP) is 2.22. The maximum atomic E-state index is 5.96. The first-order valence-corrected chi connectivity index (χ1v) is 7.67. The standard InChI is InChI=1S/C16H19N3O3/c1-19(9-15-17-16(18-22-15)11-6-7-11)8-12-10-20-13-4-2-3-5-14(13)21-12/h2-5,11-12H,6-10H2,1H3. The summed E-state index contributed by atoms with van der Waals surface area (Å²) in [5.41, 5.74) is 0. The van der Waals surface area contributed by atoms with Crippen LogP contribution in [-0.2, 0) is 6.54 Å². The van der Waals surface area contributed by atoms with Crippen molar-refractivity contribution in [2.24, 2.45) is 0 Å². The third-order valence-electron chi connectivity index (χ3n) is 3.91. The van der Waals surface area contributed by atoms with Gasteiger partial charge >= 0.3 is 0 Å². The Morgan fingerprint density at radius 3 is 2.86 bits per heavy atom. The molecular weight excluding hydrogens is 282 g/mol. The molecule has 116 valence electrons. The molecule has 4 rings (SSSR count). The van der Waals surface area contributed by atoms with Gasteiger partial charge in [-0.1, -0.05) is 17.3 Å². The minimum atomic E-state index is 0.00530. The molecule has 1 aliphatic heterocycles. The van der Waals surface area contributed by atoms with Crippen LogP contribution in [-0.4, -0.2) is 41.3 Å². The number of aromatic nitrogens is 2. The molecular formula is C16H19N3O3. The highest BCUT2D eigenvalue weighted by molar-refractivity contribution is 5.40. The van der Waals surface area contributed by atoms with E-state index in [-0.39, 0.29) is 6.10 Å². The second-order valence-corrected chi connectivity index (χ2v) is 6.01. The first kappa shape index (κ1) is 13.6. The normalized spacial score (nSPS) is 20.4. The molecule has 2 aliphatic rings. The molecule has 0 radical (unpaired) electrons. The molecule has 0 amide bonds. The highest BCUT2D eigenvalue weighted by Gasteiger charge is 2.29. The van der Waals surface area contributed by atoms with E-state index in [0.29, 0.717) is 25.0 Å². The van der Waals surface area contributed by atoms with Crippen molar-refractivity contribution in [2.75, 3.05) is 20.2 Å². The molecule has 22 heavy (non-hydrogen) atoms. The molecule has 1 aromatic heterocycles. The molecule has 1 saturated carbocycles. The number of likely N-dealkylation sites (N-methyl/N-ethyl adjacent to an activating group) is 1. The Kier molecular flexibility index (Phi) is 3.46. The Bertz CT molecular complexity index is 654. The van der Waals surface area contributed by atoms with E-state index in [9.17, 15) is 0 Å². The van der Waals surface area contributed by atoms with Gasteiger partial charge in [0.2, 0.25) is 5.89 Å². The van der Waals surface area contributed by atoms with Gasteiger partial charge in [-0.05, 0) is 32.0 Å². The van der Waals surface area contributed by atoms with Crippen molar-refractivity contribution in [2.45, 2.75) is 31.4 Å². The number of nitrogens with zero attached hydrogens (tertiary/aromatic N) is 3. The van der Waals surface area contributed by atoms with Gasteiger partial charge < -0.3 is 14.0 Å². The summed E-state index contributed by atoms with van der Waals surface area (Å²) in [4.78, 5) is 6.57. The van der Waals surface area contributed by atoms with E-state index in [2.05, 4.69) is 15.0 Å². The molecule has 0 spiro atoms. The van der Waals surface area contributed by atoms with Gasteiger partial charge in [0.25, 0.3) is 0 Å². The Hall–Kier alpha value is -2.08. The van der Waals surface area contributed by atoms with Gasteiger partial charge in [-0.15, -0.1) is 0 Å². The summed E-state index contributed by atoms with van der Waals surface area (Å²) in [5, 5.41) is 4.04. The zero-order valence-corrected chi connectivity index (χ0v) is 12.6. The number of fused-ring (bicyclic) bond motifs is 1. The number of ether oxygens (including phenoxy) is 2. The fraction of sp³-hybridized carbons (Fsp3) is 0.500. The van der Waals surface area contributed by atoms with Gasteiger partial charge in [0.15, 0.2) is 17.3 Å². The molecule has 6 nitrogen and oxygen atoms in total. The van der Waals surface area contributed by atoms with Crippen LogP contribution < -0.4 is 9.47 Å². The lowest BCUT2D eigenvalue weighted by Crippen LogP contribution is -2.39. The molecule has 1 fully saturated rings. The van der Waals surface area contributed by atoms with Gasteiger partial charge in [0.1, 0.15) is 12.7 Å². The molecule has 6 heteroatoms. The summed E-state index contributed by atoms with van der Waals surface area (Å²) in [6, 6.07) is 7.75. The van der Waals surface area contributed by atoms with E-state index in [1.165, 1.54) is 12.8 Å². The zero-order valence-electron chi connectivity index (χ0n) is 12.6. The monoisotopic (exact) mass is 301 g/mol. The molecule has 1 unspecified atom stereocenters. The van der Waals surface area contributed by atoms with Crippen LogP contribution >= 0.6 is 0 Å². The van der Waals surface area contributed by atoms with Crippen molar-refractivity contribution in [3.05, 3.63) is 36.0 Å². The molecule has 2 aromatic rings. The maximum absolute atomic E-state index is 5.96. The van der Waals surface area contributed by atoms with Crippen molar-refractivity contribution in [1.29, 1.82) is 0 Å². The summed E-state index contributed by atoms with van der Waals surface area (Å²) in [6.07, 6.45) is 2.37. The molecule has 0 bridgehead atoms. The summed E-state index contributed by atoms with van der Waals surface area (Å²) in [7, 11) is 2.02. The molecule has 2 heterocycles. The summed E-state index contributed by atoms with van der Waals surface area (Å²) < 4.78 is 17.0. The van der Waals surface area contributed by atoms with Crippen LogP contribution in [0.25, 0.3) is 0 Å². The van der Waals surface area contributed by atoms with Crippen LogP contribution in [0, 0.1) is 0 Å². The zero-order chi connectivity index (χ0) is 14.9. The van der Waals surface area contributed by atoms with Crippen molar-refractivity contribution in [3.63, 3.8) is 0 Å². The summed E-state index contributed by atoms with van der Waals surface area (Å²) >= 11 is 0. The van der Waals surface area contributed by atoms with Gasteiger partial charge in [-0.2, -0.15) is 4.98 Å². The van der Waals surface area contributed by atoms with Crippen molar-refractivity contribution >= 4 is 0 Å². The minimum Gasteiger partial charge on any atom is -0.486 e. The summed E-state index contributed by atoms with van der Waals surface area (Å²) in [5.74, 6) is 3.67. The lowest BCUT2D eigenvalue weighted by molar-refractivity contribution is 0.0613. The topological polar surface area (TPSA) is 60.6 Å². The average molecular weight is 301 g/mol. The van der Waals surface area contributed by atoms with Crippen molar-refractivity contribution < 1.29 is 14.0 Å². The van der Waals surface area contributed by atoms with E-state index in [4.69, 9.17) is 14.0 Å². The molecule has 1 aliphatic carbocycles. The van der Waals surface area contributed by atoms with Crippen LogP contribution in [0.4, 0.5) is 0 Å². The Balaban J connectivity index is 1.33. The fourth-order valence-electron chi connectivity index (χ4n) is 2.64. The van der Waals surface area contributed by atoms with Crippen molar-refractivity contribution in [1.82, 2.24) is 15.0 Å². The molecule has 0 saturated heterocycles. The smallest absolute Gasteiger partial charge is 0.240 e. The van der Waals surface area contributed by atoms with Gasteiger partial charge in [0, 0.05) is 12.5 Å². The second kappa shape index (κ2) is 5.61. The maximum Gasteiger partial charge on any atom is 0.240 e. The number of rotatable bonds is 5. The first-order valence-electron chi connectivity index (χ1n) is 7.67. The fourth-order valence-corrected chi connectivity index (χ4v) is 2.64. The Labute approximate surface area is 129 Å². The second-order valence-electron chi connectivity index (χ2n) is 6.01. The van der Waals surface area contributed by atoms with E-state index >= 15 is 0 Å². The predicted molar refractivity (Wildman–Crippen MR) is 79.0 cm³/mol. The van der Waals surface area contributed by atoms with E-state index in [0.717, 1.165) is 23.9 Å². The lowest BCUT2D eigenvalue weighted by Gasteiger charge is -2.29. The van der Waals surface area contributed by atoms with Crippen LogP contribution in [0.15, 0.2) is 28.8 Å². The Morgan fingerprint density at radius 1 is 1.23 bits per heavy atom. The molecule has 1 aromatic carbocycles. The quantitative estimate of drug-likeness (QED) is 0.844. The van der Waals surface area contributed by atoms with E-state index in [1.54, 1.807) is 0 Å². The highest BCUT2D eigenvalue weighted by Crippen LogP contribution is 2.38. The number of para-hydroxylation sites is 2. The van der Waals surface area contributed by atoms with Gasteiger partial charge in [-0.3, -0.25) is 4.90 Å². The highest BCUT2D eigenvalue weighted by atomic mass is 16.6. The first-order chi connectivity index (χ1) is 10.8. The lowest BCUT2D eigenvalue weighted by atomic mass is 10.2. The van der Waals surface area contributed by atoms with E-state index < -0.39 is 0 Å². The molecule has 0 N–H and O–H groups in total. The third kappa shape index (κ3) is 2.92. The largest absolute Gasteiger partial charge is 0.486 e. The number of hydrogen-bond acceptors (Lipinski definition) is 6. The SMILES string of the molecule is CN(Cc1nc(C2CC2)no1)CC1COc2ccccc2O1. The number of benzene rings is 1.